The molecule has 1 nitrogen and oxygen atoms in total. The van der Waals surface area contributed by atoms with Crippen LogP contribution in [0.2, 0.25) is 0 Å². The van der Waals surface area contributed by atoms with Crippen molar-refractivity contribution in [2.45, 2.75) is 32.6 Å². The van der Waals surface area contributed by atoms with Crippen molar-refractivity contribution in [3.8, 4) is 5.75 Å². The second kappa shape index (κ2) is 9.21. The first kappa shape index (κ1) is 15.3. The van der Waals surface area contributed by atoms with Crippen molar-refractivity contribution < 1.29 is 4.74 Å². The molecule has 0 amide bonds. The second-order valence-corrected chi connectivity index (χ2v) is 4.20. The minimum atomic E-state index is 0.909. The van der Waals surface area contributed by atoms with Crippen LogP contribution in [0.15, 0.2) is 60.7 Å². The fourth-order valence-corrected chi connectivity index (χ4v) is 1.70. The molecule has 0 heterocycles. The normalized spacial score (nSPS) is 12.4. The van der Waals surface area contributed by atoms with E-state index >= 15 is 0 Å². The highest BCUT2D eigenvalue weighted by molar-refractivity contribution is 5.23. The second-order valence-electron chi connectivity index (χ2n) is 4.20. The minimum Gasteiger partial charge on any atom is -0.497 e. The molecule has 2 aromatic carbocycles. The maximum atomic E-state index is 4.91. The lowest BCUT2D eigenvalue weighted by molar-refractivity contribution is 0.415. The van der Waals surface area contributed by atoms with E-state index in [0.717, 1.165) is 11.7 Å². The highest BCUT2D eigenvalue weighted by Crippen LogP contribution is 2.39. The number of ether oxygens (including phenoxy) is 1. The van der Waals surface area contributed by atoms with Crippen molar-refractivity contribution in [1.29, 1.82) is 0 Å². The Labute approximate surface area is 117 Å². The van der Waals surface area contributed by atoms with Crippen LogP contribution in [-0.4, -0.2) is 7.11 Å². The van der Waals surface area contributed by atoms with Gasteiger partial charge in [-0.15, -0.1) is 0 Å². The predicted molar refractivity (Wildman–Crippen MR) is 82.8 cm³/mol. The molecule has 0 atom stereocenters. The smallest absolute Gasteiger partial charge is 0.118 e. The van der Waals surface area contributed by atoms with Crippen LogP contribution in [0.25, 0.3) is 0 Å². The summed E-state index contributed by atoms with van der Waals surface area (Å²) in [6.45, 7) is 4.00. The zero-order valence-electron chi connectivity index (χ0n) is 12.2. The maximum Gasteiger partial charge on any atom is 0.118 e. The zero-order chi connectivity index (χ0) is 13.9. The molecule has 0 aliphatic heterocycles. The van der Waals surface area contributed by atoms with E-state index < -0.39 is 0 Å². The quantitative estimate of drug-likeness (QED) is 0.709. The van der Waals surface area contributed by atoms with E-state index in [1.54, 1.807) is 7.11 Å². The van der Waals surface area contributed by atoms with Gasteiger partial charge >= 0.3 is 0 Å². The van der Waals surface area contributed by atoms with E-state index in [4.69, 9.17) is 4.74 Å². The van der Waals surface area contributed by atoms with Crippen molar-refractivity contribution in [2.24, 2.45) is 0 Å². The Morgan fingerprint density at radius 2 is 1.26 bits per heavy atom. The Hall–Kier alpha value is -1.76. The van der Waals surface area contributed by atoms with E-state index in [2.05, 4.69) is 30.3 Å². The Kier molecular flexibility index (Phi) is 7.41. The summed E-state index contributed by atoms with van der Waals surface area (Å²) in [4.78, 5) is 0. The molecule has 0 spiro atoms. The molecular weight excluding hydrogens is 232 g/mol. The third-order valence-electron chi connectivity index (χ3n) is 2.83. The molecule has 1 aliphatic carbocycles. The van der Waals surface area contributed by atoms with Crippen molar-refractivity contribution in [2.75, 3.05) is 7.11 Å². The van der Waals surface area contributed by atoms with Gasteiger partial charge in [0.05, 0.1) is 7.11 Å². The standard InChI is InChI=1S/C9H10.C7H8O.C2H6/c1-2-4-8(5-3-1)9-6-7-9;1-8-7-5-3-2-4-6-7;1-2/h1-5,9H,6-7H2;2-6H,1H3;1-2H3. The number of hydrogen-bond acceptors (Lipinski definition) is 1. The molecule has 2 aromatic rings. The first-order chi connectivity index (χ1) is 9.40. The Morgan fingerprint density at radius 3 is 1.63 bits per heavy atom. The minimum absolute atomic E-state index is 0.909. The van der Waals surface area contributed by atoms with Gasteiger partial charge in [0.2, 0.25) is 0 Å². The van der Waals surface area contributed by atoms with Gasteiger partial charge in [0.1, 0.15) is 5.75 Å². The van der Waals surface area contributed by atoms with Gasteiger partial charge in [0.25, 0.3) is 0 Å². The van der Waals surface area contributed by atoms with Crippen LogP contribution in [0.4, 0.5) is 0 Å². The van der Waals surface area contributed by atoms with Crippen molar-refractivity contribution in [1.82, 2.24) is 0 Å². The van der Waals surface area contributed by atoms with Crippen LogP contribution in [-0.2, 0) is 0 Å². The fourth-order valence-electron chi connectivity index (χ4n) is 1.70. The highest BCUT2D eigenvalue weighted by atomic mass is 16.5. The largest absolute Gasteiger partial charge is 0.497 e. The molecule has 0 unspecified atom stereocenters. The predicted octanol–water partition coefficient (Wildman–Crippen LogP) is 5.29. The van der Waals surface area contributed by atoms with Gasteiger partial charge in [0.15, 0.2) is 0 Å². The zero-order valence-corrected chi connectivity index (χ0v) is 12.2. The van der Waals surface area contributed by atoms with Gasteiger partial charge in [-0.05, 0) is 36.5 Å². The van der Waals surface area contributed by atoms with E-state index in [0.29, 0.717) is 0 Å². The first-order valence-electron chi connectivity index (χ1n) is 7.04. The van der Waals surface area contributed by atoms with Gasteiger partial charge < -0.3 is 4.74 Å². The molecule has 0 N–H and O–H groups in total. The molecule has 3 rings (SSSR count). The molecule has 0 saturated heterocycles. The fraction of sp³-hybridized carbons (Fsp3) is 0.333. The summed E-state index contributed by atoms with van der Waals surface area (Å²) in [5.74, 6) is 1.82. The van der Waals surface area contributed by atoms with E-state index in [1.807, 2.05) is 44.2 Å². The van der Waals surface area contributed by atoms with Crippen molar-refractivity contribution >= 4 is 0 Å². The highest BCUT2D eigenvalue weighted by Gasteiger charge is 2.22. The lowest BCUT2D eigenvalue weighted by Gasteiger charge is -1.93. The third-order valence-corrected chi connectivity index (χ3v) is 2.83. The Balaban J connectivity index is 0.000000170. The summed E-state index contributed by atoms with van der Waals surface area (Å²) in [5.41, 5.74) is 1.53. The average Bonchev–Trinajstić information content (AvgIpc) is 3.36. The molecule has 102 valence electrons. The molecule has 1 aliphatic rings. The Bertz CT molecular complexity index is 418. The summed E-state index contributed by atoms with van der Waals surface area (Å²) >= 11 is 0. The first-order valence-corrected chi connectivity index (χ1v) is 7.04. The number of para-hydroxylation sites is 1. The SMILES string of the molecule is CC.COc1ccccc1.c1ccc(C2CC2)cc1. The van der Waals surface area contributed by atoms with Gasteiger partial charge in [-0.2, -0.15) is 0 Å². The third kappa shape index (κ3) is 6.10. The molecular formula is C18H24O. The van der Waals surface area contributed by atoms with Gasteiger partial charge in [-0.3, -0.25) is 0 Å². The van der Waals surface area contributed by atoms with Crippen LogP contribution in [0, 0.1) is 0 Å². The molecule has 0 radical (unpaired) electrons. The van der Waals surface area contributed by atoms with Crippen LogP contribution in [0.5, 0.6) is 5.75 Å². The van der Waals surface area contributed by atoms with Crippen LogP contribution in [0.1, 0.15) is 38.2 Å². The monoisotopic (exact) mass is 256 g/mol. The van der Waals surface area contributed by atoms with Gasteiger partial charge in [-0.1, -0.05) is 62.4 Å². The number of methoxy groups -OCH3 is 1. The molecule has 0 aromatic heterocycles. The van der Waals surface area contributed by atoms with Gasteiger partial charge in [0, 0.05) is 0 Å². The van der Waals surface area contributed by atoms with E-state index in [9.17, 15) is 0 Å². The molecule has 1 heteroatoms. The molecule has 1 fully saturated rings. The number of benzene rings is 2. The van der Waals surface area contributed by atoms with Crippen LogP contribution in [0.3, 0.4) is 0 Å². The topological polar surface area (TPSA) is 9.23 Å². The lowest BCUT2D eigenvalue weighted by Crippen LogP contribution is -1.78. The molecule has 1 saturated carbocycles. The molecule has 19 heavy (non-hydrogen) atoms. The van der Waals surface area contributed by atoms with Crippen LogP contribution < -0.4 is 4.74 Å². The molecule has 0 bridgehead atoms. The summed E-state index contributed by atoms with van der Waals surface area (Å²) in [5, 5.41) is 0. The summed E-state index contributed by atoms with van der Waals surface area (Å²) in [7, 11) is 1.66. The van der Waals surface area contributed by atoms with E-state index in [-0.39, 0.29) is 0 Å². The Morgan fingerprint density at radius 1 is 0.789 bits per heavy atom. The van der Waals surface area contributed by atoms with E-state index in [1.165, 1.54) is 18.4 Å². The lowest BCUT2D eigenvalue weighted by atomic mass is 10.1. The summed E-state index contributed by atoms with van der Waals surface area (Å²) < 4.78 is 4.91. The average molecular weight is 256 g/mol. The van der Waals surface area contributed by atoms with Crippen molar-refractivity contribution in [3.63, 3.8) is 0 Å². The number of hydrogen-bond donors (Lipinski definition) is 0. The van der Waals surface area contributed by atoms with Crippen LogP contribution >= 0.6 is 0 Å². The summed E-state index contributed by atoms with van der Waals surface area (Å²) in [6, 6.07) is 20.4. The van der Waals surface area contributed by atoms with Gasteiger partial charge in [-0.25, -0.2) is 0 Å². The summed E-state index contributed by atoms with van der Waals surface area (Å²) in [6.07, 6.45) is 2.81. The maximum absolute atomic E-state index is 4.91. The van der Waals surface area contributed by atoms with Crippen molar-refractivity contribution in [3.05, 3.63) is 66.2 Å². The number of rotatable bonds is 2.